The van der Waals surface area contributed by atoms with E-state index in [1.54, 1.807) is 36.4 Å². The summed E-state index contributed by atoms with van der Waals surface area (Å²) < 4.78 is 81.1. The molecule has 0 radical (unpaired) electrons. The summed E-state index contributed by atoms with van der Waals surface area (Å²) in [6.45, 7) is 2.32. The first-order chi connectivity index (χ1) is 20.0. The molecular weight excluding hydrogens is 584 g/mol. The van der Waals surface area contributed by atoms with Crippen LogP contribution in [-0.2, 0) is 21.1 Å². The molecule has 0 fully saturated rings. The van der Waals surface area contributed by atoms with Gasteiger partial charge in [0.15, 0.2) is 9.84 Å². The Balaban J connectivity index is 1.84. The molecular formula is C31H32F4N4O3S. The molecule has 3 N–H and O–H groups in total. The number of nitrogens with zero attached hydrogens (tertiary/aromatic N) is 1. The first-order valence-corrected chi connectivity index (χ1v) is 15.1. The van der Waals surface area contributed by atoms with E-state index in [0.717, 1.165) is 26.3 Å². The van der Waals surface area contributed by atoms with Crippen LogP contribution in [-0.4, -0.2) is 50.7 Å². The third-order valence-electron chi connectivity index (χ3n) is 6.63. The fourth-order valence-corrected chi connectivity index (χ4v) is 5.09. The van der Waals surface area contributed by atoms with Crippen LogP contribution in [0.4, 0.5) is 17.6 Å². The maximum Gasteiger partial charge on any atom is 0.407 e. The lowest BCUT2D eigenvalue weighted by Gasteiger charge is -2.30. The fraction of sp³-hybridized carbons (Fsp3) is 0.323. The van der Waals surface area contributed by atoms with Gasteiger partial charge >= 0.3 is 6.18 Å². The fourth-order valence-electron chi connectivity index (χ4n) is 4.46. The van der Waals surface area contributed by atoms with Gasteiger partial charge in [-0.3, -0.25) is 10.1 Å². The molecule has 3 aromatic carbocycles. The lowest BCUT2D eigenvalue weighted by atomic mass is 9.96. The first-order valence-electron chi connectivity index (χ1n) is 13.2. The van der Waals surface area contributed by atoms with Crippen molar-refractivity contribution in [1.82, 2.24) is 10.6 Å². The minimum atomic E-state index is -4.85. The number of alkyl halides is 4. The third kappa shape index (κ3) is 9.73. The standard InChI is InChI=1S/C31H32F4N4O3S/c1-30(2,32)17-27(29(40)38-25(19-37)16-20-4-6-21(18-36)7-5-20)39-28(31(33,34)35)24-10-8-22(9-11-24)23-12-14-26(15-13-23)43(3,41)42/h4-15,19,25,27-28,37,39H,16-17H2,1-3H3,(H,38,40)/t25-,27-,28-/m0/s1. The van der Waals surface area contributed by atoms with Crippen LogP contribution in [0.15, 0.2) is 77.7 Å². The lowest BCUT2D eigenvalue weighted by molar-refractivity contribution is -0.161. The number of sulfone groups is 1. The Morgan fingerprint density at radius 2 is 1.49 bits per heavy atom. The maximum absolute atomic E-state index is 14.7. The van der Waals surface area contributed by atoms with Crippen molar-refractivity contribution in [2.75, 3.05) is 6.26 Å². The summed E-state index contributed by atoms with van der Waals surface area (Å²) in [5.74, 6) is -0.898. The average molecular weight is 617 g/mol. The molecule has 0 aliphatic rings. The van der Waals surface area contributed by atoms with Crippen molar-refractivity contribution in [1.29, 1.82) is 10.7 Å². The number of nitrogens with one attached hydrogen (secondary N) is 3. The van der Waals surface area contributed by atoms with Crippen molar-refractivity contribution >= 4 is 22.0 Å². The summed E-state index contributed by atoms with van der Waals surface area (Å²) in [7, 11) is -3.41. The number of carbonyl (C=O) groups is 1. The van der Waals surface area contributed by atoms with Crippen molar-refractivity contribution < 1.29 is 30.8 Å². The van der Waals surface area contributed by atoms with Crippen LogP contribution in [0.3, 0.4) is 0 Å². The molecule has 0 heterocycles. The van der Waals surface area contributed by atoms with Crippen LogP contribution < -0.4 is 10.6 Å². The molecule has 3 rings (SSSR count). The molecule has 0 aliphatic carbocycles. The second-order valence-electron chi connectivity index (χ2n) is 10.8. The Bertz CT molecular complexity index is 1560. The van der Waals surface area contributed by atoms with E-state index in [1.807, 2.05) is 6.07 Å². The molecule has 1 amide bonds. The van der Waals surface area contributed by atoms with Gasteiger partial charge in [0.1, 0.15) is 11.7 Å². The summed E-state index contributed by atoms with van der Waals surface area (Å²) in [5.41, 5.74) is 0.0274. The average Bonchev–Trinajstić information content (AvgIpc) is 2.93. The zero-order valence-electron chi connectivity index (χ0n) is 23.7. The smallest absolute Gasteiger partial charge is 0.347 e. The second kappa shape index (κ2) is 13.5. The minimum Gasteiger partial charge on any atom is -0.347 e. The minimum absolute atomic E-state index is 0.108. The highest BCUT2D eigenvalue weighted by Crippen LogP contribution is 2.35. The molecule has 7 nitrogen and oxygen atoms in total. The van der Waals surface area contributed by atoms with Crippen LogP contribution in [0.25, 0.3) is 11.1 Å². The molecule has 3 aromatic rings. The van der Waals surface area contributed by atoms with Gasteiger partial charge in [0.25, 0.3) is 0 Å². The molecule has 228 valence electrons. The van der Waals surface area contributed by atoms with Crippen molar-refractivity contribution in [3.63, 3.8) is 0 Å². The van der Waals surface area contributed by atoms with E-state index in [1.165, 1.54) is 36.4 Å². The molecule has 43 heavy (non-hydrogen) atoms. The first kappa shape index (κ1) is 33.4. The van der Waals surface area contributed by atoms with E-state index in [-0.39, 0.29) is 16.9 Å². The Kier molecular flexibility index (Phi) is 10.5. The summed E-state index contributed by atoms with van der Waals surface area (Å²) in [6.07, 6.45) is -3.27. The van der Waals surface area contributed by atoms with E-state index in [9.17, 15) is 30.8 Å². The normalized spacial score (nSPS) is 14.3. The Labute approximate surface area is 248 Å². The molecule has 0 aliphatic heterocycles. The summed E-state index contributed by atoms with van der Waals surface area (Å²) in [6, 6.07) is 14.9. The topological polar surface area (TPSA) is 123 Å². The number of hydrogen-bond acceptors (Lipinski definition) is 6. The predicted molar refractivity (Wildman–Crippen MR) is 156 cm³/mol. The molecule has 0 unspecified atom stereocenters. The van der Waals surface area contributed by atoms with Gasteiger partial charge in [0.05, 0.1) is 28.6 Å². The SMILES string of the molecule is CC(C)(F)C[C@H](N[C@@H](c1ccc(-c2ccc(S(C)(=O)=O)cc2)cc1)C(F)(F)F)C(=O)N[C@H](C=N)Cc1ccc(C#N)cc1. The second-order valence-corrected chi connectivity index (χ2v) is 12.8. The largest absolute Gasteiger partial charge is 0.407 e. The lowest BCUT2D eigenvalue weighted by Crippen LogP contribution is -2.53. The number of benzene rings is 3. The monoisotopic (exact) mass is 616 g/mol. The van der Waals surface area contributed by atoms with Gasteiger partial charge < -0.3 is 10.7 Å². The van der Waals surface area contributed by atoms with E-state index in [0.29, 0.717) is 22.3 Å². The van der Waals surface area contributed by atoms with Gasteiger partial charge in [-0.05, 0) is 66.8 Å². The van der Waals surface area contributed by atoms with Crippen molar-refractivity contribution in [3.8, 4) is 17.2 Å². The van der Waals surface area contributed by atoms with Gasteiger partial charge in [-0.1, -0.05) is 48.5 Å². The summed E-state index contributed by atoms with van der Waals surface area (Å²) in [4.78, 5) is 13.3. The number of amides is 1. The van der Waals surface area contributed by atoms with Crippen LogP contribution in [0.2, 0.25) is 0 Å². The Hall–Kier alpha value is -4.08. The number of carbonyl (C=O) groups excluding carboxylic acids is 1. The van der Waals surface area contributed by atoms with Crippen LogP contribution >= 0.6 is 0 Å². The van der Waals surface area contributed by atoms with Crippen molar-refractivity contribution in [2.45, 2.75) is 61.6 Å². The zero-order chi connectivity index (χ0) is 32.0. The molecule has 3 atom stereocenters. The van der Waals surface area contributed by atoms with Gasteiger partial charge in [-0.2, -0.15) is 18.4 Å². The highest BCUT2D eigenvalue weighted by atomic mass is 32.2. The molecule has 12 heteroatoms. The van der Waals surface area contributed by atoms with Crippen molar-refractivity contribution in [3.05, 3.63) is 89.5 Å². The van der Waals surface area contributed by atoms with Gasteiger partial charge in [0, 0.05) is 18.9 Å². The quantitative estimate of drug-likeness (QED) is 0.178. The summed E-state index contributed by atoms with van der Waals surface area (Å²) in [5, 5.41) is 21.5. The number of nitriles is 1. The highest BCUT2D eigenvalue weighted by molar-refractivity contribution is 7.90. The maximum atomic E-state index is 14.7. The molecule has 0 saturated heterocycles. The summed E-state index contributed by atoms with van der Waals surface area (Å²) >= 11 is 0. The van der Waals surface area contributed by atoms with E-state index < -0.39 is 52.1 Å². The van der Waals surface area contributed by atoms with Gasteiger partial charge in [-0.15, -0.1) is 0 Å². The molecule has 0 bridgehead atoms. The van der Waals surface area contributed by atoms with E-state index in [4.69, 9.17) is 10.7 Å². The Morgan fingerprint density at radius 3 is 1.93 bits per heavy atom. The number of rotatable bonds is 12. The van der Waals surface area contributed by atoms with Crippen LogP contribution in [0.1, 0.15) is 43.0 Å². The Morgan fingerprint density at radius 1 is 0.953 bits per heavy atom. The van der Waals surface area contributed by atoms with Crippen LogP contribution in [0, 0.1) is 16.7 Å². The predicted octanol–water partition coefficient (Wildman–Crippen LogP) is 5.71. The molecule has 0 saturated carbocycles. The van der Waals surface area contributed by atoms with Crippen molar-refractivity contribution in [2.24, 2.45) is 0 Å². The van der Waals surface area contributed by atoms with Gasteiger partial charge in [0.2, 0.25) is 5.91 Å². The number of halogens is 4. The van der Waals surface area contributed by atoms with Crippen LogP contribution in [0.5, 0.6) is 0 Å². The third-order valence-corrected chi connectivity index (χ3v) is 7.76. The van der Waals surface area contributed by atoms with Gasteiger partial charge in [-0.25, -0.2) is 12.8 Å². The molecule has 0 aromatic heterocycles. The van der Waals surface area contributed by atoms with E-state index in [2.05, 4.69) is 10.6 Å². The van der Waals surface area contributed by atoms with E-state index >= 15 is 0 Å². The number of hydrogen-bond donors (Lipinski definition) is 3. The zero-order valence-corrected chi connectivity index (χ0v) is 24.6. The molecule has 0 spiro atoms. The highest BCUT2D eigenvalue weighted by Gasteiger charge is 2.44.